The third-order valence-electron chi connectivity index (χ3n) is 9.24. The van der Waals surface area contributed by atoms with Crippen LogP contribution >= 0.6 is 0 Å². The molecule has 1 aromatic heterocycles. The van der Waals surface area contributed by atoms with Crippen molar-refractivity contribution >= 4 is 43.2 Å². The summed E-state index contributed by atoms with van der Waals surface area (Å²) in [6, 6.07) is 63.4. The van der Waals surface area contributed by atoms with Gasteiger partial charge in [0.05, 0.1) is 11.2 Å². The largest absolute Gasteiger partial charge is 0.248 e. The summed E-state index contributed by atoms with van der Waals surface area (Å²) in [4.78, 5) is 5.02. The van der Waals surface area contributed by atoms with Crippen molar-refractivity contribution in [1.29, 1.82) is 0 Å². The fraction of sp³-hybridized carbons (Fsp3) is 0. The maximum atomic E-state index is 5.02. The van der Waals surface area contributed by atoms with E-state index < -0.39 is 0 Å². The lowest BCUT2D eigenvalue weighted by Gasteiger charge is -2.18. The first kappa shape index (κ1) is 26.4. The fourth-order valence-electron chi connectivity index (χ4n) is 6.99. The number of nitrogens with zero attached hydrogens (tertiary/aromatic N) is 1. The van der Waals surface area contributed by atoms with Gasteiger partial charge in [-0.05, 0) is 83.9 Å². The van der Waals surface area contributed by atoms with Crippen LogP contribution in [0, 0.1) is 0 Å². The molecule has 0 saturated carbocycles. The molecule has 0 atom stereocenters. The summed E-state index contributed by atoms with van der Waals surface area (Å²) in [5.74, 6) is 0. The zero-order valence-electron chi connectivity index (χ0n) is 25.2. The molecule has 0 radical (unpaired) electrons. The lowest BCUT2D eigenvalue weighted by atomic mass is 9.86. The molecule has 1 heterocycles. The Labute approximate surface area is 268 Å². The SMILES string of the molecule is c1ccc(-c2c3ccccc3c(-c3ccc(-c4ccc(-c5ccc6cc7ccccc7cc6n5)cc4)cc3)c3ccccc23)cc1. The second-order valence-electron chi connectivity index (χ2n) is 12.0. The Morgan fingerprint density at radius 1 is 0.283 bits per heavy atom. The van der Waals surface area contributed by atoms with Crippen molar-refractivity contribution in [2.45, 2.75) is 0 Å². The van der Waals surface area contributed by atoms with Gasteiger partial charge in [0.1, 0.15) is 0 Å². The molecule has 0 saturated heterocycles. The third kappa shape index (κ3) is 4.45. The second kappa shape index (κ2) is 10.8. The topological polar surface area (TPSA) is 12.9 Å². The summed E-state index contributed by atoms with van der Waals surface area (Å²) in [5, 5.41) is 8.71. The Balaban J connectivity index is 1.09. The van der Waals surface area contributed by atoms with E-state index in [1.807, 2.05) is 0 Å². The zero-order valence-corrected chi connectivity index (χ0v) is 25.2. The first-order valence-electron chi connectivity index (χ1n) is 15.8. The molecule has 0 aliphatic heterocycles. The quantitative estimate of drug-likeness (QED) is 0.188. The average molecular weight is 584 g/mol. The summed E-state index contributed by atoms with van der Waals surface area (Å²) in [6.07, 6.45) is 0. The summed E-state index contributed by atoms with van der Waals surface area (Å²) in [5.41, 5.74) is 10.6. The Morgan fingerprint density at radius 2 is 0.717 bits per heavy atom. The normalized spacial score (nSPS) is 11.5. The molecule has 0 N–H and O–H groups in total. The van der Waals surface area contributed by atoms with Crippen molar-refractivity contribution in [3.05, 3.63) is 176 Å². The maximum Gasteiger partial charge on any atom is 0.0715 e. The molecule has 0 aliphatic rings. The Bertz CT molecular complexity index is 2490. The summed E-state index contributed by atoms with van der Waals surface area (Å²) < 4.78 is 0. The van der Waals surface area contributed by atoms with Gasteiger partial charge < -0.3 is 0 Å². The van der Waals surface area contributed by atoms with E-state index in [1.165, 1.54) is 65.7 Å². The molecule has 0 spiro atoms. The summed E-state index contributed by atoms with van der Waals surface area (Å²) in [6.45, 7) is 0. The molecule has 0 amide bonds. The van der Waals surface area contributed by atoms with Gasteiger partial charge in [0.15, 0.2) is 0 Å². The van der Waals surface area contributed by atoms with Gasteiger partial charge in [0, 0.05) is 10.9 Å². The highest BCUT2D eigenvalue weighted by molar-refractivity contribution is 6.21. The first-order valence-corrected chi connectivity index (χ1v) is 15.8. The molecular formula is C45H29N. The number of pyridine rings is 1. The van der Waals surface area contributed by atoms with Gasteiger partial charge in [-0.25, -0.2) is 4.98 Å². The highest BCUT2D eigenvalue weighted by Gasteiger charge is 2.16. The van der Waals surface area contributed by atoms with Gasteiger partial charge in [-0.15, -0.1) is 0 Å². The molecule has 0 fully saturated rings. The minimum atomic E-state index is 0.988. The number of aromatic nitrogens is 1. The van der Waals surface area contributed by atoms with Gasteiger partial charge in [0.2, 0.25) is 0 Å². The Hall–Kier alpha value is -6.05. The summed E-state index contributed by atoms with van der Waals surface area (Å²) in [7, 11) is 0. The highest BCUT2D eigenvalue weighted by atomic mass is 14.7. The van der Waals surface area contributed by atoms with E-state index >= 15 is 0 Å². The van der Waals surface area contributed by atoms with Gasteiger partial charge >= 0.3 is 0 Å². The molecule has 46 heavy (non-hydrogen) atoms. The van der Waals surface area contributed by atoms with E-state index in [9.17, 15) is 0 Å². The van der Waals surface area contributed by atoms with Gasteiger partial charge in [0.25, 0.3) is 0 Å². The molecule has 9 rings (SSSR count). The number of fused-ring (bicyclic) bond motifs is 4. The highest BCUT2D eigenvalue weighted by Crippen LogP contribution is 2.43. The van der Waals surface area contributed by atoms with Crippen molar-refractivity contribution < 1.29 is 0 Å². The molecule has 9 aromatic rings. The fourth-order valence-corrected chi connectivity index (χ4v) is 6.99. The van der Waals surface area contributed by atoms with E-state index in [4.69, 9.17) is 4.98 Å². The monoisotopic (exact) mass is 583 g/mol. The number of rotatable bonds is 4. The van der Waals surface area contributed by atoms with Crippen molar-refractivity contribution in [3.63, 3.8) is 0 Å². The van der Waals surface area contributed by atoms with Crippen molar-refractivity contribution in [3.8, 4) is 44.6 Å². The van der Waals surface area contributed by atoms with E-state index in [-0.39, 0.29) is 0 Å². The molecule has 0 bridgehead atoms. The summed E-state index contributed by atoms with van der Waals surface area (Å²) >= 11 is 0. The minimum absolute atomic E-state index is 0.988. The van der Waals surface area contributed by atoms with Crippen molar-refractivity contribution in [2.24, 2.45) is 0 Å². The van der Waals surface area contributed by atoms with Crippen LogP contribution in [0.15, 0.2) is 176 Å². The predicted octanol–water partition coefficient (Wildman–Crippen LogP) is 12.4. The van der Waals surface area contributed by atoms with E-state index in [1.54, 1.807) is 0 Å². The Kier molecular flexibility index (Phi) is 6.21. The molecule has 214 valence electrons. The van der Waals surface area contributed by atoms with Crippen LogP contribution in [0.1, 0.15) is 0 Å². The van der Waals surface area contributed by atoms with Crippen LogP contribution in [0.3, 0.4) is 0 Å². The zero-order chi connectivity index (χ0) is 30.5. The van der Waals surface area contributed by atoms with Crippen LogP contribution in [-0.4, -0.2) is 4.98 Å². The lowest BCUT2D eigenvalue weighted by molar-refractivity contribution is 1.40. The molecule has 1 nitrogen and oxygen atoms in total. The van der Waals surface area contributed by atoms with E-state index in [2.05, 4.69) is 176 Å². The molecular weight excluding hydrogens is 555 g/mol. The maximum absolute atomic E-state index is 5.02. The Morgan fingerprint density at radius 3 is 1.28 bits per heavy atom. The van der Waals surface area contributed by atoms with Crippen LogP contribution in [0.25, 0.3) is 87.9 Å². The first-order chi connectivity index (χ1) is 22.8. The number of hydrogen-bond acceptors (Lipinski definition) is 1. The average Bonchev–Trinajstić information content (AvgIpc) is 3.13. The van der Waals surface area contributed by atoms with Crippen LogP contribution in [0.5, 0.6) is 0 Å². The molecule has 0 unspecified atom stereocenters. The number of hydrogen-bond donors (Lipinski definition) is 0. The van der Waals surface area contributed by atoms with Crippen molar-refractivity contribution in [1.82, 2.24) is 4.98 Å². The van der Waals surface area contributed by atoms with Crippen LogP contribution in [-0.2, 0) is 0 Å². The van der Waals surface area contributed by atoms with Gasteiger partial charge in [-0.3, -0.25) is 0 Å². The van der Waals surface area contributed by atoms with E-state index in [0.717, 1.165) is 22.2 Å². The molecule has 0 aliphatic carbocycles. The van der Waals surface area contributed by atoms with Gasteiger partial charge in [-0.1, -0.05) is 158 Å². The molecule has 1 heteroatoms. The van der Waals surface area contributed by atoms with Gasteiger partial charge in [-0.2, -0.15) is 0 Å². The lowest BCUT2D eigenvalue weighted by Crippen LogP contribution is -1.90. The van der Waals surface area contributed by atoms with Crippen LogP contribution in [0.4, 0.5) is 0 Å². The molecule has 8 aromatic carbocycles. The smallest absolute Gasteiger partial charge is 0.0715 e. The van der Waals surface area contributed by atoms with Crippen molar-refractivity contribution in [2.75, 3.05) is 0 Å². The second-order valence-corrected chi connectivity index (χ2v) is 12.0. The predicted molar refractivity (Wildman–Crippen MR) is 196 cm³/mol. The van der Waals surface area contributed by atoms with Crippen LogP contribution < -0.4 is 0 Å². The van der Waals surface area contributed by atoms with E-state index in [0.29, 0.717) is 0 Å². The third-order valence-corrected chi connectivity index (χ3v) is 9.24. The van der Waals surface area contributed by atoms with Crippen LogP contribution in [0.2, 0.25) is 0 Å². The standard InChI is InChI=1S/C45H29N/c1-2-10-33(11-3-1)44-38-14-6-8-16-40(38)45(41-17-9-7-15-39(41)44)34-24-20-31(21-25-34)30-18-22-32(23-19-30)42-27-26-37-28-35-12-4-5-13-36(35)29-43(37)46-42/h1-29H. The number of benzene rings is 8. The minimum Gasteiger partial charge on any atom is -0.248 e.